The molecule has 0 aliphatic heterocycles. The van der Waals surface area contributed by atoms with E-state index in [0.29, 0.717) is 11.3 Å². The van der Waals surface area contributed by atoms with Crippen LogP contribution in [0.2, 0.25) is 0 Å². The molecule has 0 unspecified atom stereocenters. The summed E-state index contributed by atoms with van der Waals surface area (Å²) in [4.78, 5) is 12.2. The van der Waals surface area contributed by atoms with Crippen molar-refractivity contribution in [1.82, 2.24) is 4.31 Å². The zero-order valence-electron chi connectivity index (χ0n) is 13.3. The predicted octanol–water partition coefficient (Wildman–Crippen LogP) is 0.735. The van der Waals surface area contributed by atoms with Crippen LogP contribution in [0.3, 0.4) is 0 Å². The van der Waals surface area contributed by atoms with Crippen LogP contribution in [0.25, 0.3) is 0 Å². The van der Waals surface area contributed by atoms with E-state index in [9.17, 15) is 13.2 Å². The molecule has 0 spiro atoms. The fraction of sp³-hybridized carbons (Fsp3) is 0.188. The number of nitrogens with zero attached hydrogens (tertiary/aromatic N) is 3. The fourth-order valence-electron chi connectivity index (χ4n) is 2.00. The van der Waals surface area contributed by atoms with Gasteiger partial charge in [-0.2, -0.15) is 9.83 Å². The van der Waals surface area contributed by atoms with Crippen LogP contribution in [0, 0.1) is 11.3 Å². The summed E-state index contributed by atoms with van der Waals surface area (Å²) in [5.74, 6) is -0.325. The molecule has 124 valence electrons. The lowest BCUT2D eigenvalue weighted by molar-refractivity contribution is -0.684. The van der Waals surface area contributed by atoms with Crippen molar-refractivity contribution >= 4 is 21.6 Å². The monoisotopic (exact) mass is 345 g/mol. The third kappa shape index (κ3) is 4.16. The molecule has 1 amide bonds. The molecule has 0 aliphatic carbocycles. The largest absolute Gasteiger partial charge is 0.321 e. The topological polar surface area (TPSA) is 94.2 Å². The van der Waals surface area contributed by atoms with Crippen molar-refractivity contribution in [3.8, 4) is 6.07 Å². The first-order chi connectivity index (χ1) is 11.3. The fourth-order valence-corrected chi connectivity index (χ4v) is 2.95. The van der Waals surface area contributed by atoms with Crippen molar-refractivity contribution in [3.05, 3.63) is 54.4 Å². The number of hydrogen-bond acceptors (Lipinski definition) is 4. The summed E-state index contributed by atoms with van der Waals surface area (Å²) in [6.07, 6.45) is 3.24. The van der Waals surface area contributed by atoms with Gasteiger partial charge in [-0.15, -0.1) is 0 Å². The number of carbonyl (C=O) groups is 1. The Morgan fingerprint density at radius 1 is 1.29 bits per heavy atom. The van der Waals surface area contributed by atoms with E-state index in [4.69, 9.17) is 5.26 Å². The van der Waals surface area contributed by atoms with Gasteiger partial charge >= 0.3 is 0 Å². The summed E-state index contributed by atoms with van der Waals surface area (Å²) in [7, 11) is -0.675. The third-order valence-corrected chi connectivity index (χ3v) is 5.02. The Labute approximate surface area is 140 Å². The lowest BCUT2D eigenvalue weighted by atomic mass is 10.3. The third-order valence-electron chi connectivity index (χ3n) is 3.21. The SMILES string of the molecule is CN(C)S(=O)(=O)c1cccc(NC(=O)C[n+]2cccc(C#N)c2)c1. The van der Waals surface area contributed by atoms with E-state index in [1.165, 1.54) is 26.2 Å². The molecular weight excluding hydrogens is 328 g/mol. The minimum Gasteiger partial charge on any atom is -0.321 e. The van der Waals surface area contributed by atoms with Crippen LogP contribution >= 0.6 is 0 Å². The zero-order valence-corrected chi connectivity index (χ0v) is 14.1. The molecule has 1 aromatic heterocycles. The van der Waals surface area contributed by atoms with E-state index >= 15 is 0 Å². The molecule has 0 saturated carbocycles. The lowest BCUT2D eigenvalue weighted by Crippen LogP contribution is -2.39. The first kappa shape index (κ1) is 17.6. The van der Waals surface area contributed by atoms with Gasteiger partial charge in [-0.1, -0.05) is 6.07 Å². The van der Waals surface area contributed by atoms with Gasteiger partial charge in [0, 0.05) is 25.8 Å². The number of pyridine rings is 1. The van der Waals surface area contributed by atoms with Crippen molar-refractivity contribution in [1.29, 1.82) is 5.26 Å². The summed E-state index contributed by atoms with van der Waals surface area (Å²) in [6.45, 7) is 0.0141. The average Bonchev–Trinajstić information content (AvgIpc) is 2.55. The quantitative estimate of drug-likeness (QED) is 0.809. The minimum atomic E-state index is -3.56. The van der Waals surface area contributed by atoms with Crippen molar-refractivity contribution in [2.24, 2.45) is 0 Å². The van der Waals surface area contributed by atoms with Gasteiger partial charge in [0.25, 0.3) is 5.91 Å². The number of nitriles is 1. The molecule has 2 rings (SSSR count). The summed E-state index contributed by atoms with van der Waals surface area (Å²) in [5, 5.41) is 11.5. The maximum absolute atomic E-state index is 12.1. The van der Waals surface area contributed by atoms with Gasteiger partial charge < -0.3 is 5.32 Å². The Hall–Kier alpha value is -2.76. The molecule has 0 atom stereocenters. The van der Waals surface area contributed by atoms with Crippen molar-refractivity contribution in [2.45, 2.75) is 11.4 Å². The molecule has 0 fully saturated rings. The second-order valence-corrected chi connectivity index (χ2v) is 7.39. The van der Waals surface area contributed by atoms with Crippen LogP contribution in [-0.2, 0) is 21.4 Å². The number of nitrogens with one attached hydrogen (secondary N) is 1. The van der Waals surface area contributed by atoms with Gasteiger partial charge in [0.2, 0.25) is 16.6 Å². The minimum absolute atomic E-state index is 0.0141. The maximum Gasteiger partial charge on any atom is 0.290 e. The number of amides is 1. The number of anilines is 1. The van der Waals surface area contributed by atoms with Crippen molar-refractivity contribution in [2.75, 3.05) is 19.4 Å². The first-order valence-corrected chi connectivity index (χ1v) is 8.48. The van der Waals surface area contributed by atoms with Crippen LogP contribution in [0.1, 0.15) is 5.56 Å². The second-order valence-electron chi connectivity index (χ2n) is 5.24. The summed E-state index contributed by atoms with van der Waals surface area (Å²) in [6, 6.07) is 11.4. The smallest absolute Gasteiger partial charge is 0.290 e. The molecule has 0 radical (unpaired) electrons. The van der Waals surface area contributed by atoms with E-state index in [2.05, 4.69) is 5.32 Å². The molecule has 1 aromatic carbocycles. The van der Waals surface area contributed by atoms with Gasteiger partial charge in [-0.05, 0) is 24.3 Å². The second kappa shape index (κ2) is 7.21. The highest BCUT2D eigenvalue weighted by Gasteiger charge is 2.18. The number of carbonyl (C=O) groups excluding carboxylic acids is 1. The maximum atomic E-state index is 12.1. The Balaban J connectivity index is 2.14. The Morgan fingerprint density at radius 3 is 2.71 bits per heavy atom. The molecule has 1 heterocycles. The highest BCUT2D eigenvalue weighted by Crippen LogP contribution is 2.17. The van der Waals surface area contributed by atoms with Gasteiger partial charge in [0.1, 0.15) is 11.6 Å². The highest BCUT2D eigenvalue weighted by molar-refractivity contribution is 7.89. The van der Waals surface area contributed by atoms with Gasteiger partial charge in [-0.3, -0.25) is 4.79 Å². The van der Waals surface area contributed by atoms with E-state index in [1.807, 2.05) is 6.07 Å². The average molecular weight is 345 g/mol. The van der Waals surface area contributed by atoms with Crippen LogP contribution < -0.4 is 9.88 Å². The van der Waals surface area contributed by atoms with E-state index in [1.54, 1.807) is 41.2 Å². The molecule has 0 bridgehead atoms. The van der Waals surface area contributed by atoms with E-state index in [0.717, 1.165) is 4.31 Å². The van der Waals surface area contributed by atoms with Crippen LogP contribution in [0.4, 0.5) is 5.69 Å². The molecule has 2 aromatic rings. The van der Waals surface area contributed by atoms with Crippen molar-refractivity contribution in [3.63, 3.8) is 0 Å². The molecule has 7 nitrogen and oxygen atoms in total. The van der Waals surface area contributed by atoms with E-state index < -0.39 is 10.0 Å². The van der Waals surface area contributed by atoms with Crippen molar-refractivity contribution < 1.29 is 17.8 Å². The van der Waals surface area contributed by atoms with E-state index in [-0.39, 0.29) is 17.3 Å². The Morgan fingerprint density at radius 2 is 2.04 bits per heavy atom. The first-order valence-electron chi connectivity index (χ1n) is 7.04. The van der Waals surface area contributed by atoms with Crippen LogP contribution in [0.5, 0.6) is 0 Å². The standard InChI is InChI=1S/C16H16N4O3S/c1-19(2)24(22,23)15-7-3-6-14(9-15)18-16(21)12-20-8-4-5-13(10-17)11-20/h3-9,11H,12H2,1-2H3/p+1. The number of aromatic nitrogens is 1. The predicted molar refractivity (Wildman–Crippen MR) is 87.3 cm³/mol. The Kier molecular flexibility index (Phi) is 5.28. The van der Waals surface area contributed by atoms with Gasteiger partial charge in [0.05, 0.1) is 4.90 Å². The van der Waals surface area contributed by atoms with Gasteiger partial charge in [0.15, 0.2) is 12.4 Å². The van der Waals surface area contributed by atoms with Crippen LogP contribution in [0.15, 0.2) is 53.7 Å². The summed E-state index contributed by atoms with van der Waals surface area (Å²) < 4.78 is 26.9. The lowest BCUT2D eigenvalue weighted by Gasteiger charge is -2.12. The number of hydrogen-bond donors (Lipinski definition) is 1. The molecule has 0 aliphatic rings. The van der Waals surface area contributed by atoms with Gasteiger partial charge in [-0.25, -0.2) is 12.7 Å². The normalized spacial score (nSPS) is 11.1. The summed E-state index contributed by atoms with van der Waals surface area (Å²) in [5.41, 5.74) is 0.837. The molecular formula is C16H17N4O3S+. The highest BCUT2D eigenvalue weighted by atomic mass is 32.2. The molecule has 8 heteroatoms. The Bertz CT molecular complexity index is 902. The molecule has 0 saturated heterocycles. The number of rotatable bonds is 5. The number of benzene rings is 1. The van der Waals surface area contributed by atoms with Crippen LogP contribution in [-0.4, -0.2) is 32.7 Å². The molecule has 24 heavy (non-hydrogen) atoms. The number of sulfonamides is 1. The molecule has 1 N–H and O–H groups in total. The zero-order chi connectivity index (χ0) is 17.7. The summed E-state index contributed by atoms with van der Waals surface area (Å²) >= 11 is 0.